The Morgan fingerprint density at radius 3 is 2.42 bits per heavy atom. The lowest BCUT2D eigenvalue weighted by Gasteiger charge is -2.44. The minimum absolute atomic E-state index is 0.0199. The van der Waals surface area contributed by atoms with Crippen LogP contribution in [0.3, 0.4) is 0 Å². The molecular weight excluding hydrogens is 244 g/mol. The lowest BCUT2D eigenvalue weighted by molar-refractivity contribution is -0.152. The molecule has 108 valence electrons. The number of carbonyl (C=O) groups is 2. The van der Waals surface area contributed by atoms with E-state index < -0.39 is 0 Å². The molecule has 0 aromatic rings. The molecule has 0 aromatic heterocycles. The highest BCUT2D eigenvalue weighted by molar-refractivity contribution is 5.95. The van der Waals surface area contributed by atoms with Gasteiger partial charge in [-0.1, -0.05) is 13.8 Å². The van der Waals surface area contributed by atoms with E-state index in [1.165, 1.54) is 0 Å². The van der Waals surface area contributed by atoms with E-state index in [2.05, 4.69) is 12.2 Å². The van der Waals surface area contributed by atoms with Crippen molar-refractivity contribution in [1.82, 2.24) is 10.2 Å². The molecule has 5 heteroatoms. The number of nitrogens with one attached hydrogen (secondary N) is 1. The Kier molecular flexibility index (Phi) is 4.45. The summed E-state index contributed by atoms with van der Waals surface area (Å²) in [6.45, 7) is 7.71. The second-order valence-electron chi connectivity index (χ2n) is 5.90. The molecule has 2 heterocycles. The summed E-state index contributed by atoms with van der Waals surface area (Å²) < 4.78 is 5.38. The van der Waals surface area contributed by atoms with Gasteiger partial charge in [0.25, 0.3) is 0 Å². The zero-order valence-electron chi connectivity index (χ0n) is 12.0. The smallest absolute Gasteiger partial charge is 0.243 e. The highest BCUT2D eigenvalue weighted by atomic mass is 16.5. The van der Waals surface area contributed by atoms with Gasteiger partial charge in [-0.05, 0) is 31.6 Å². The van der Waals surface area contributed by atoms with E-state index in [1.54, 1.807) is 0 Å². The number of hydrogen-bond donors (Lipinski definition) is 1. The normalized spacial score (nSPS) is 27.6. The van der Waals surface area contributed by atoms with E-state index in [0.717, 1.165) is 26.1 Å². The Balaban J connectivity index is 2.16. The lowest BCUT2D eigenvalue weighted by atomic mass is 9.88. The summed E-state index contributed by atoms with van der Waals surface area (Å²) in [4.78, 5) is 26.1. The van der Waals surface area contributed by atoms with Crippen LogP contribution in [0.2, 0.25) is 0 Å². The van der Waals surface area contributed by atoms with Crippen LogP contribution < -0.4 is 5.32 Å². The first kappa shape index (κ1) is 14.3. The SMILES string of the molecule is CC(C)C1C(=O)NCC(=O)N1C(C)C1CCOCC1. The average Bonchev–Trinajstić information content (AvgIpc) is 2.41. The van der Waals surface area contributed by atoms with Gasteiger partial charge in [-0.3, -0.25) is 9.59 Å². The van der Waals surface area contributed by atoms with E-state index in [-0.39, 0.29) is 36.4 Å². The third-order valence-electron chi connectivity index (χ3n) is 4.29. The maximum atomic E-state index is 12.2. The molecule has 0 aliphatic carbocycles. The Morgan fingerprint density at radius 1 is 1.21 bits per heavy atom. The van der Waals surface area contributed by atoms with Gasteiger partial charge in [0.05, 0.1) is 6.54 Å². The maximum Gasteiger partial charge on any atom is 0.243 e. The van der Waals surface area contributed by atoms with Crippen LogP contribution in [0.5, 0.6) is 0 Å². The first-order valence-electron chi connectivity index (χ1n) is 7.19. The van der Waals surface area contributed by atoms with Crippen molar-refractivity contribution in [3.63, 3.8) is 0 Å². The number of piperazine rings is 1. The molecule has 2 amide bonds. The molecule has 2 aliphatic heterocycles. The second kappa shape index (κ2) is 5.90. The fourth-order valence-corrected chi connectivity index (χ4v) is 3.17. The largest absolute Gasteiger partial charge is 0.381 e. The van der Waals surface area contributed by atoms with Gasteiger partial charge in [0.2, 0.25) is 11.8 Å². The van der Waals surface area contributed by atoms with Gasteiger partial charge >= 0.3 is 0 Å². The standard InChI is InChI=1S/C14H24N2O3/c1-9(2)13-14(18)15-8-12(17)16(13)10(3)11-4-6-19-7-5-11/h9-11,13H,4-8H2,1-3H3,(H,15,18). The molecule has 0 aromatic carbocycles. The molecule has 0 bridgehead atoms. The second-order valence-corrected chi connectivity index (χ2v) is 5.90. The fourth-order valence-electron chi connectivity index (χ4n) is 3.17. The lowest BCUT2D eigenvalue weighted by Crippen LogP contribution is -2.64. The minimum atomic E-state index is -0.334. The van der Waals surface area contributed by atoms with Crippen molar-refractivity contribution in [3.05, 3.63) is 0 Å². The Hall–Kier alpha value is -1.10. The van der Waals surface area contributed by atoms with E-state index in [9.17, 15) is 9.59 Å². The molecule has 2 fully saturated rings. The topological polar surface area (TPSA) is 58.6 Å². The molecule has 19 heavy (non-hydrogen) atoms. The summed E-state index contributed by atoms with van der Waals surface area (Å²) in [6.07, 6.45) is 1.94. The van der Waals surface area contributed by atoms with Gasteiger partial charge in [0.1, 0.15) is 6.04 Å². The average molecular weight is 268 g/mol. The molecule has 0 saturated carbocycles. The molecule has 2 rings (SSSR count). The quantitative estimate of drug-likeness (QED) is 0.823. The van der Waals surface area contributed by atoms with E-state index in [4.69, 9.17) is 4.74 Å². The van der Waals surface area contributed by atoms with Crippen molar-refractivity contribution >= 4 is 11.8 Å². The Bertz CT molecular complexity index is 351. The summed E-state index contributed by atoms with van der Waals surface area (Å²) >= 11 is 0. The molecule has 2 saturated heterocycles. The number of amides is 2. The monoisotopic (exact) mass is 268 g/mol. The number of ether oxygens (including phenoxy) is 1. The molecular formula is C14H24N2O3. The van der Waals surface area contributed by atoms with Gasteiger partial charge in [0, 0.05) is 19.3 Å². The van der Waals surface area contributed by atoms with Crippen LogP contribution in [0, 0.1) is 11.8 Å². The first-order valence-corrected chi connectivity index (χ1v) is 7.19. The molecule has 1 N–H and O–H groups in total. The summed E-state index contributed by atoms with van der Waals surface area (Å²) in [5.41, 5.74) is 0. The van der Waals surface area contributed by atoms with Crippen molar-refractivity contribution < 1.29 is 14.3 Å². The Labute approximate surface area is 114 Å². The Morgan fingerprint density at radius 2 is 1.84 bits per heavy atom. The maximum absolute atomic E-state index is 12.2. The molecule has 0 spiro atoms. The van der Waals surface area contributed by atoms with Crippen LogP contribution in [-0.4, -0.2) is 48.6 Å². The molecule has 2 atom stereocenters. The predicted octanol–water partition coefficient (Wildman–Crippen LogP) is 0.785. The molecule has 0 radical (unpaired) electrons. The number of hydrogen-bond acceptors (Lipinski definition) is 3. The van der Waals surface area contributed by atoms with Gasteiger partial charge in [-0.15, -0.1) is 0 Å². The van der Waals surface area contributed by atoms with E-state index in [1.807, 2.05) is 18.7 Å². The third-order valence-corrected chi connectivity index (χ3v) is 4.29. The summed E-state index contributed by atoms with van der Waals surface area (Å²) in [5, 5.41) is 2.70. The van der Waals surface area contributed by atoms with Crippen LogP contribution in [0.25, 0.3) is 0 Å². The van der Waals surface area contributed by atoms with E-state index >= 15 is 0 Å². The van der Waals surface area contributed by atoms with Crippen molar-refractivity contribution in [2.75, 3.05) is 19.8 Å². The highest BCUT2D eigenvalue weighted by Gasteiger charge is 2.41. The zero-order valence-corrected chi connectivity index (χ0v) is 12.0. The zero-order chi connectivity index (χ0) is 14.0. The van der Waals surface area contributed by atoms with Gasteiger partial charge in [0.15, 0.2) is 0 Å². The van der Waals surface area contributed by atoms with Gasteiger partial charge in [-0.25, -0.2) is 0 Å². The van der Waals surface area contributed by atoms with E-state index in [0.29, 0.717) is 5.92 Å². The van der Waals surface area contributed by atoms with Crippen molar-refractivity contribution in [2.45, 2.75) is 45.7 Å². The van der Waals surface area contributed by atoms with Crippen molar-refractivity contribution in [3.8, 4) is 0 Å². The summed E-state index contributed by atoms with van der Waals surface area (Å²) in [5.74, 6) is 0.585. The third kappa shape index (κ3) is 2.91. The minimum Gasteiger partial charge on any atom is -0.381 e. The fraction of sp³-hybridized carbons (Fsp3) is 0.857. The summed E-state index contributed by atoms with van der Waals surface area (Å²) in [7, 11) is 0. The van der Waals surface area contributed by atoms with Gasteiger partial charge in [-0.2, -0.15) is 0 Å². The van der Waals surface area contributed by atoms with Gasteiger partial charge < -0.3 is 15.0 Å². The molecule has 2 aliphatic rings. The first-order chi connectivity index (χ1) is 9.02. The van der Waals surface area contributed by atoms with Crippen LogP contribution >= 0.6 is 0 Å². The van der Waals surface area contributed by atoms with Crippen LogP contribution in [0.4, 0.5) is 0 Å². The van der Waals surface area contributed by atoms with Crippen LogP contribution in [0.1, 0.15) is 33.6 Å². The summed E-state index contributed by atoms with van der Waals surface area (Å²) in [6, 6.07) is -0.228. The van der Waals surface area contributed by atoms with Crippen LogP contribution in [-0.2, 0) is 14.3 Å². The predicted molar refractivity (Wildman–Crippen MR) is 71.5 cm³/mol. The van der Waals surface area contributed by atoms with Crippen LogP contribution in [0.15, 0.2) is 0 Å². The highest BCUT2D eigenvalue weighted by Crippen LogP contribution is 2.27. The van der Waals surface area contributed by atoms with Crippen molar-refractivity contribution in [2.24, 2.45) is 11.8 Å². The molecule has 2 unspecified atom stereocenters. The number of nitrogens with zero attached hydrogens (tertiary/aromatic N) is 1. The number of carbonyl (C=O) groups excluding carboxylic acids is 2. The molecule has 5 nitrogen and oxygen atoms in total. The number of rotatable bonds is 3. The van der Waals surface area contributed by atoms with Crippen molar-refractivity contribution in [1.29, 1.82) is 0 Å².